The van der Waals surface area contributed by atoms with Gasteiger partial charge in [-0.1, -0.05) is 73.6 Å². The third-order valence-corrected chi connectivity index (χ3v) is 4.96. The van der Waals surface area contributed by atoms with Crippen LogP contribution in [0.4, 0.5) is 0 Å². The van der Waals surface area contributed by atoms with Crippen LogP contribution in [-0.4, -0.2) is 12.6 Å². The molecule has 0 aliphatic carbocycles. The van der Waals surface area contributed by atoms with Gasteiger partial charge in [-0.15, -0.1) is 0 Å². The molecule has 0 fully saturated rings. The van der Waals surface area contributed by atoms with E-state index < -0.39 is 0 Å². The lowest BCUT2D eigenvalue weighted by molar-refractivity contribution is 0.217. The van der Waals surface area contributed by atoms with Crippen molar-refractivity contribution >= 4 is 0 Å². The van der Waals surface area contributed by atoms with Gasteiger partial charge in [-0.25, -0.2) is 0 Å². The fraction of sp³-hybridized carbons (Fsp3) is 1.00. The molecule has 0 amide bonds. The maximum absolute atomic E-state index is 3.74. The van der Waals surface area contributed by atoms with Crippen LogP contribution < -0.4 is 5.32 Å². The maximum atomic E-state index is 3.74. The van der Waals surface area contributed by atoms with E-state index in [0.717, 1.165) is 30.2 Å². The van der Waals surface area contributed by atoms with Gasteiger partial charge in [0.2, 0.25) is 0 Å². The predicted molar refractivity (Wildman–Crippen MR) is 93.2 cm³/mol. The van der Waals surface area contributed by atoms with Gasteiger partial charge < -0.3 is 5.32 Å². The van der Waals surface area contributed by atoms with Crippen molar-refractivity contribution in [3.05, 3.63) is 0 Å². The van der Waals surface area contributed by atoms with Crippen LogP contribution in [0.1, 0.15) is 87.0 Å². The normalized spacial score (nSPS) is 18.0. The molecule has 4 atom stereocenters. The van der Waals surface area contributed by atoms with Crippen molar-refractivity contribution in [1.82, 2.24) is 5.32 Å². The quantitative estimate of drug-likeness (QED) is 0.440. The zero-order chi connectivity index (χ0) is 15.5. The standard InChI is InChI=1S/C19H41N/c1-8-10-11-12-19(13-16(5)9-2)17(6)18(7)20-14-15(3)4/h15-20H,8-14H2,1-7H3. The lowest BCUT2D eigenvalue weighted by Gasteiger charge is -2.32. The highest BCUT2D eigenvalue weighted by Gasteiger charge is 2.23. The summed E-state index contributed by atoms with van der Waals surface area (Å²) in [6, 6.07) is 0.646. The molecule has 4 unspecified atom stereocenters. The molecule has 0 rings (SSSR count). The van der Waals surface area contributed by atoms with Gasteiger partial charge in [0.1, 0.15) is 0 Å². The maximum Gasteiger partial charge on any atom is 0.00671 e. The lowest BCUT2D eigenvalue weighted by atomic mass is 9.78. The summed E-state index contributed by atoms with van der Waals surface area (Å²) in [6.45, 7) is 17.7. The van der Waals surface area contributed by atoms with Crippen LogP contribution in [0.2, 0.25) is 0 Å². The molecule has 20 heavy (non-hydrogen) atoms. The van der Waals surface area contributed by atoms with Crippen LogP contribution in [-0.2, 0) is 0 Å². The third-order valence-electron chi connectivity index (χ3n) is 4.96. The second kappa shape index (κ2) is 11.6. The third kappa shape index (κ3) is 9.00. The summed E-state index contributed by atoms with van der Waals surface area (Å²) in [6.07, 6.45) is 8.31. The Morgan fingerprint density at radius 2 is 1.55 bits per heavy atom. The van der Waals surface area contributed by atoms with E-state index in [1.54, 1.807) is 0 Å². The number of hydrogen-bond donors (Lipinski definition) is 1. The molecule has 0 aromatic rings. The molecule has 0 aromatic carbocycles. The molecule has 1 nitrogen and oxygen atoms in total. The molecule has 0 saturated heterocycles. The average Bonchev–Trinajstić information content (AvgIpc) is 2.42. The Balaban J connectivity index is 4.39. The number of nitrogens with one attached hydrogen (secondary N) is 1. The molecule has 0 aliphatic heterocycles. The molecule has 0 aromatic heterocycles. The van der Waals surface area contributed by atoms with Crippen LogP contribution >= 0.6 is 0 Å². The lowest BCUT2D eigenvalue weighted by Crippen LogP contribution is -2.38. The fourth-order valence-corrected chi connectivity index (χ4v) is 2.95. The zero-order valence-electron chi connectivity index (χ0n) is 15.3. The topological polar surface area (TPSA) is 12.0 Å². The molecule has 0 radical (unpaired) electrons. The monoisotopic (exact) mass is 283 g/mol. The molecule has 122 valence electrons. The van der Waals surface area contributed by atoms with E-state index in [0.29, 0.717) is 6.04 Å². The number of rotatable bonds is 12. The predicted octanol–water partition coefficient (Wildman–Crippen LogP) is 5.89. The van der Waals surface area contributed by atoms with Crippen molar-refractivity contribution in [2.45, 2.75) is 93.0 Å². The summed E-state index contributed by atoms with van der Waals surface area (Å²) in [7, 11) is 0. The van der Waals surface area contributed by atoms with Crippen molar-refractivity contribution in [3.63, 3.8) is 0 Å². The Bertz CT molecular complexity index is 212. The molecule has 1 N–H and O–H groups in total. The smallest absolute Gasteiger partial charge is 0.00671 e. The van der Waals surface area contributed by atoms with Crippen molar-refractivity contribution in [2.24, 2.45) is 23.7 Å². The van der Waals surface area contributed by atoms with E-state index in [-0.39, 0.29) is 0 Å². The summed E-state index contributed by atoms with van der Waals surface area (Å²) in [5, 5.41) is 3.74. The minimum absolute atomic E-state index is 0.646. The summed E-state index contributed by atoms with van der Waals surface area (Å²) in [5.74, 6) is 3.31. The van der Waals surface area contributed by atoms with E-state index in [2.05, 4.69) is 53.8 Å². The first-order valence-electron chi connectivity index (χ1n) is 9.15. The van der Waals surface area contributed by atoms with Crippen molar-refractivity contribution < 1.29 is 0 Å². The van der Waals surface area contributed by atoms with Gasteiger partial charge in [0.25, 0.3) is 0 Å². The summed E-state index contributed by atoms with van der Waals surface area (Å²) in [4.78, 5) is 0. The van der Waals surface area contributed by atoms with Crippen LogP contribution in [0.15, 0.2) is 0 Å². The highest BCUT2D eigenvalue weighted by Crippen LogP contribution is 2.29. The fourth-order valence-electron chi connectivity index (χ4n) is 2.95. The Morgan fingerprint density at radius 1 is 0.900 bits per heavy atom. The molecule has 0 saturated carbocycles. The second-order valence-corrected chi connectivity index (χ2v) is 7.45. The van der Waals surface area contributed by atoms with E-state index in [1.165, 1.54) is 38.5 Å². The van der Waals surface area contributed by atoms with Gasteiger partial charge in [0, 0.05) is 6.04 Å². The SMILES string of the molecule is CCCCCC(CC(C)CC)C(C)C(C)NCC(C)C. The highest BCUT2D eigenvalue weighted by atomic mass is 14.9. The van der Waals surface area contributed by atoms with E-state index in [1.807, 2.05) is 0 Å². The first-order valence-corrected chi connectivity index (χ1v) is 9.15. The Hall–Kier alpha value is -0.0400. The largest absolute Gasteiger partial charge is 0.314 e. The van der Waals surface area contributed by atoms with Gasteiger partial charge in [-0.2, -0.15) is 0 Å². The van der Waals surface area contributed by atoms with Crippen molar-refractivity contribution in [1.29, 1.82) is 0 Å². The van der Waals surface area contributed by atoms with Crippen molar-refractivity contribution in [2.75, 3.05) is 6.54 Å². The van der Waals surface area contributed by atoms with Gasteiger partial charge in [0.15, 0.2) is 0 Å². The number of unbranched alkanes of at least 4 members (excludes halogenated alkanes) is 2. The van der Waals surface area contributed by atoms with E-state index in [4.69, 9.17) is 0 Å². The minimum Gasteiger partial charge on any atom is -0.314 e. The molecular weight excluding hydrogens is 242 g/mol. The van der Waals surface area contributed by atoms with Crippen LogP contribution in [0.3, 0.4) is 0 Å². The second-order valence-electron chi connectivity index (χ2n) is 7.45. The average molecular weight is 284 g/mol. The molecule has 0 spiro atoms. The Morgan fingerprint density at radius 3 is 2.05 bits per heavy atom. The zero-order valence-corrected chi connectivity index (χ0v) is 15.3. The molecular formula is C19H41N. The van der Waals surface area contributed by atoms with E-state index in [9.17, 15) is 0 Å². The van der Waals surface area contributed by atoms with Crippen LogP contribution in [0.5, 0.6) is 0 Å². The molecule has 0 heterocycles. The van der Waals surface area contributed by atoms with E-state index >= 15 is 0 Å². The first-order chi connectivity index (χ1) is 9.42. The van der Waals surface area contributed by atoms with Crippen LogP contribution in [0, 0.1) is 23.7 Å². The van der Waals surface area contributed by atoms with Gasteiger partial charge >= 0.3 is 0 Å². The van der Waals surface area contributed by atoms with Crippen LogP contribution in [0.25, 0.3) is 0 Å². The molecule has 1 heteroatoms. The van der Waals surface area contributed by atoms with Gasteiger partial charge in [0.05, 0.1) is 0 Å². The summed E-state index contributed by atoms with van der Waals surface area (Å²) >= 11 is 0. The highest BCUT2D eigenvalue weighted by molar-refractivity contribution is 4.77. The van der Waals surface area contributed by atoms with Crippen molar-refractivity contribution in [3.8, 4) is 0 Å². The van der Waals surface area contributed by atoms with Gasteiger partial charge in [-0.3, -0.25) is 0 Å². The summed E-state index contributed by atoms with van der Waals surface area (Å²) < 4.78 is 0. The van der Waals surface area contributed by atoms with Gasteiger partial charge in [-0.05, 0) is 43.6 Å². The number of hydrogen-bond acceptors (Lipinski definition) is 1. The molecule has 0 bridgehead atoms. The Kier molecular flexibility index (Phi) is 11.6. The molecule has 0 aliphatic rings. The first kappa shape index (κ1) is 20.0. The Labute approximate surface area is 129 Å². The summed E-state index contributed by atoms with van der Waals surface area (Å²) in [5.41, 5.74) is 0. The minimum atomic E-state index is 0.646.